The van der Waals surface area contributed by atoms with Crippen molar-refractivity contribution in [2.45, 2.75) is 12.8 Å². The summed E-state index contributed by atoms with van der Waals surface area (Å²) in [4.78, 5) is 20.5. The molecule has 2 aliphatic heterocycles. The van der Waals surface area contributed by atoms with E-state index in [4.69, 9.17) is 0 Å². The van der Waals surface area contributed by atoms with Crippen LogP contribution in [0.2, 0.25) is 0 Å². The summed E-state index contributed by atoms with van der Waals surface area (Å²) in [7, 11) is 0. The van der Waals surface area contributed by atoms with E-state index >= 15 is 0 Å². The zero-order valence-electron chi connectivity index (χ0n) is 9.13. The third-order valence-electron chi connectivity index (χ3n) is 3.34. The molecule has 0 spiro atoms. The van der Waals surface area contributed by atoms with Crippen LogP contribution in [0.15, 0.2) is 11.6 Å². The highest BCUT2D eigenvalue weighted by molar-refractivity contribution is 7.13. The second-order valence-electron chi connectivity index (χ2n) is 4.45. The van der Waals surface area contributed by atoms with Gasteiger partial charge in [-0.2, -0.15) is 0 Å². The van der Waals surface area contributed by atoms with Crippen molar-refractivity contribution >= 4 is 22.4 Å². The lowest BCUT2D eigenvalue weighted by Crippen LogP contribution is -2.54. The maximum Gasteiger partial charge on any atom is 0.229 e. The topological polar surface area (TPSA) is 36.4 Å². The Balaban J connectivity index is 1.55. The smallest absolute Gasteiger partial charge is 0.229 e. The van der Waals surface area contributed by atoms with Crippen LogP contribution in [0.1, 0.15) is 12.8 Å². The Hall–Kier alpha value is -1.10. The lowest BCUT2D eigenvalue weighted by molar-refractivity contribution is -0.135. The molecule has 2 saturated heterocycles. The van der Waals surface area contributed by atoms with E-state index in [0.717, 1.165) is 31.3 Å². The Labute approximate surface area is 98.9 Å². The maximum atomic E-state index is 12.0. The number of nitrogens with zero attached hydrogens (tertiary/aromatic N) is 3. The molecule has 0 bridgehead atoms. The lowest BCUT2D eigenvalue weighted by atomic mass is 9.99. The van der Waals surface area contributed by atoms with Crippen LogP contribution >= 0.6 is 11.3 Å². The van der Waals surface area contributed by atoms with E-state index in [0.29, 0.717) is 5.91 Å². The molecule has 1 aromatic rings. The highest BCUT2D eigenvalue weighted by Gasteiger charge is 2.36. The molecule has 0 atom stereocenters. The molecule has 0 aromatic carbocycles. The number of hydrogen-bond acceptors (Lipinski definition) is 4. The summed E-state index contributed by atoms with van der Waals surface area (Å²) in [5.74, 6) is 0.562. The highest BCUT2D eigenvalue weighted by atomic mass is 32.1. The summed E-state index contributed by atoms with van der Waals surface area (Å²) in [6.07, 6.45) is 4.17. The Morgan fingerprint density at radius 1 is 1.38 bits per heavy atom. The molecule has 0 N–H and O–H groups in total. The van der Waals surface area contributed by atoms with Gasteiger partial charge in [0.05, 0.1) is 5.92 Å². The Bertz CT molecular complexity index is 367. The molecule has 16 heavy (non-hydrogen) atoms. The predicted molar refractivity (Wildman–Crippen MR) is 63.6 cm³/mol. The fraction of sp³-hybridized carbons (Fsp3) is 0.636. The molecule has 86 valence electrons. The van der Waals surface area contributed by atoms with Crippen molar-refractivity contribution in [2.24, 2.45) is 5.92 Å². The van der Waals surface area contributed by atoms with Crippen molar-refractivity contribution in [1.82, 2.24) is 9.88 Å². The van der Waals surface area contributed by atoms with Gasteiger partial charge in [0.2, 0.25) is 5.91 Å². The number of amides is 1. The van der Waals surface area contributed by atoms with Crippen LogP contribution in [0.3, 0.4) is 0 Å². The average molecular weight is 237 g/mol. The average Bonchev–Trinajstić information content (AvgIpc) is 2.88. The SMILES string of the molecule is O=C(C1CN(c2nccs2)C1)N1CCCC1. The summed E-state index contributed by atoms with van der Waals surface area (Å²) in [5, 5.41) is 3.02. The van der Waals surface area contributed by atoms with Gasteiger partial charge in [-0.05, 0) is 12.8 Å². The third kappa shape index (κ3) is 1.69. The molecule has 0 radical (unpaired) electrons. The van der Waals surface area contributed by atoms with Crippen LogP contribution in [-0.2, 0) is 4.79 Å². The minimum absolute atomic E-state index is 0.210. The van der Waals surface area contributed by atoms with Crippen LogP contribution < -0.4 is 4.90 Å². The molecule has 0 aliphatic carbocycles. The molecular formula is C11H15N3OS. The van der Waals surface area contributed by atoms with Crippen LogP contribution in [0.5, 0.6) is 0 Å². The van der Waals surface area contributed by atoms with Gasteiger partial charge in [-0.3, -0.25) is 4.79 Å². The standard InChI is InChI=1S/C11H15N3OS/c15-10(13-4-1-2-5-13)9-7-14(8-9)11-12-3-6-16-11/h3,6,9H,1-2,4-5,7-8H2. The van der Waals surface area contributed by atoms with Crippen molar-refractivity contribution in [3.63, 3.8) is 0 Å². The summed E-state index contributed by atoms with van der Waals surface area (Å²) in [6.45, 7) is 3.63. The summed E-state index contributed by atoms with van der Waals surface area (Å²) >= 11 is 1.64. The minimum atomic E-state index is 0.210. The number of rotatable bonds is 2. The van der Waals surface area contributed by atoms with Crippen LogP contribution in [0.25, 0.3) is 0 Å². The molecule has 2 aliphatic rings. The van der Waals surface area contributed by atoms with Gasteiger partial charge in [-0.25, -0.2) is 4.98 Å². The van der Waals surface area contributed by atoms with Gasteiger partial charge in [-0.15, -0.1) is 11.3 Å². The van der Waals surface area contributed by atoms with E-state index in [-0.39, 0.29) is 5.92 Å². The van der Waals surface area contributed by atoms with Gasteiger partial charge in [0, 0.05) is 37.8 Å². The molecule has 1 aromatic heterocycles. The second-order valence-corrected chi connectivity index (χ2v) is 5.32. The highest BCUT2D eigenvalue weighted by Crippen LogP contribution is 2.28. The van der Waals surface area contributed by atoms with Crippen molar-refractivity contribution in [3.05, 3.63) is 11.6 Å². The van der Waals surface area contributed by atoms with Gasteiger partial charge < -0.3 is 9.80 Å². The number of aromatic nitrogens is 1. The first-order valence-electron chi connectivity index (χ1n) is 5.78. The predicted octanol–water partition coefficient (Wildman–Crippen LogP) is 1.20. The summed E-state index contributed by atoms with van der Waals surface area (Å²) < 4.78 is 0. The molecule has 3 rings (SSSR count). The van der Waals surface area contributed by atoms with Crippen LogP contribution in [0, 0.1) is 5.92 Å². The first kappa shape index (κ1) is 10.1. The lowest BCUT2D eigenvalue weighted by Gasteiger charge is -2.39. The van der Waals surface area contributed by atoms with E-state index in [1.165, 1.54) is 12.8 Å². The Morgan fingerprint density at radius 3 is 2.75 bits per heavy atom. The van der Waals surface area contributed by atoms with Crippen molar-refractivity contribution < 1.29 is 4.79 Å². The number of hydrogen-bond donors (Lipinski definition) is 0. The first-order valence-corrected chi connectivity index (χ1v) is 6.66. The zero-order valence-corrected chi connectivity index (χ0v) is 9.95. The summed E-state index contributed by atoms with van der Waals surface area (Å²) in [5.41, 5.74) is 0. The number of carbonyl (C=O) groups is 1. The monoisotopic (exact) mass is 237 g/mol. The number of anilines is 1. The summed E-state index contributed by atoms with van der Waals surface area (Å²) in [6, 6.07) is 0. The maximum absolute atomic E-state index is 12.0. The largest absolute Gasteiger partial charge is 0.346 e. The molecular weight excluding hydrogens is 222 g/mol. The van der Waals surface area contributed by atoms with E-state index in [2.05, 4.69) is 9.88 Å². The van der Waals surface area contributed by atoms with Gasteiger partial charge in [0.15, 0.2) is 5.13 Å². The van der Waals surface area contributed by atoms with Gasteiger partial charge >= 0.3 is 0 Å². The fourth-order valence-corrected chi connectivity index (χ4v) is 3.02. The van der Waals surface area contributed by atoms with Crippen LogP contribution in [0.4, 0.5) is 5.13 Å². The van der Waals surface area contributed by atoms with Crippen LogP contribution in [-0.4, -0.2) is 42.0 Å². The molecule has 4 nitrogen and oxygen atoms in total. The van der Waals surface area contributed by atoms with Gasteiger partial charge in [-0.1, -0.05) is 0 Å². The number of likely N-dealkylation sites (tertiary alicyclic amines) is 1. The second kappa shape index (κ2) is 4.05. The van der Waals surface area contributed by atoms with Gasteiger partial charge in [0.25, 0.3) is 0 Å². The fourth-order valence-electron chi connectivity index (χ4n) is 2.36. The van der Waals surface area contributed by atoms with E-state index < -0.39 is 0 Å². The molecule has 2 fully saturated rings. The molecule has 5 heteroatoms. The number of thiazole rings is 1. The Morgan fingerprint density at radius 2 is 2.12 bits per heavy atom. The van der Waals surface area contributed by atoms with Gasteiger partial charge in [0.1, 0.15) is 0 Å². The minimum Gasteiger partial charge on any atom is -0.346 e. The Kier molecular flexibility index (Phi) is 2.55. The molecule has 1 amide bonds. The van der Waals surface area contributed by atoms with Crippen molar-refractivity contribution in [2.75, 3.05) is 31.1 Å². The van der Waals surface area contributed by atoms with E-state index in [9.17, 15) is 4.79 Å². The molecule has 0 unspecified atom stereocenters. The zero-order chi connectivity index (χ0) is 11.0. The van der Waals surface area contributed by atoms with E-state index in [1.807, 2.05) is 16.5 Å². The van der Waals surface area contributed by atoms with Crippen molar-refractivity contribution in [3.8, 4) is 0 Å². The number of carbonyl (C=O) groups excluding carboxylic acids is 1. The quantitative estimate of drug-likeness (QED) is 0.775. The van der Waals surface area contributed by atoms with Crippen molar-refractivity contribution in [1.29, 1.82) is 0 Å². The third-order valence-corrected chi connectivity index (χ3v) is 4.17. The first-order chi connectivity index (χ1) is 7.84. The molecule has 0 saturated carbocycles. The normalized spacial score (nSPS) is 21.2. The van der Waals surface area contributed by atoms with E-state index in [1.54, 1.807) is 11.3 Å². The molecule has 3 heterocycles.